The zero-order chi connectivity index (χ0) is 28.0. The van der Waals surface area contributed by atoms with Gasteiger partial charge in [0.2, 0.25) is 0 Å². The second-order valence-corrected chi connectivity index (χ2v) is 8.90. The number of nitrogens with zero attached hydrogens (tertiary/aromatic N) is 4. The van der Waals surface area contributed by atoms with Crippen molar-refractivity contribution >= 4 is 35.3 Å². The molecule has 198 valence electrons. The Kier molecular flexibility index (Phi) is 8.35. The van der Waals surface area contributed by atoms with Crippen LogP contribution in [-0.2, 0) is 10.9 Å². The van der Waals surface area contributed by atoms with Gasteiger partial charge in [0, 0.05) is 34.4 Å². The molecule has 12 heteroatoms. The van der Waals surface area contributed by atoms with Gasteiger partial charge in [-0.25, -0.2) is 14.8 Å². The first-order valence-corrected chi connectivity index (χ1v) is 12.2. The molecule has 0 aliphatic carbocycles. The normalized spacial score (nSPS) is 11.5. The van der Waals surface area contributed by atoms with Crippen LogP contribution in [0, 0.1) is 10.1 Å². The SMILES string of the molecule is CCOC(=O)c1ccc(N=Cc2cc([N+](=O)[O-])ccc2Sc2nc(-c3ccccc3)cc(C(F)(F)F)n2)cc1. The molecule has 0 aliphatic rings. The fraction of sp³-hybridized carbons (Fsp3) is 0.111. The Hall–Kier alpha value is -4.58. The van der Waals surface area contributed by atoms with Crippen LogP contribution in [0.4, 0.5) is 24.5 Å². The van der Waals surface area contributed by atoms with E-state index in [-0.39, 0.29) is 28.7 Å². The summed E-state index contributed by atoms with van der Waals surface area (Å²) in [5.41, 5.74) is 0.255. The number of nitro benzene ring substituents is 1. The molecule has 0 saturated heterocycles. The molecule has 0 unspecified atom stereocenters. The summed E-state index contributed by atoms with van der Waals surface area (Å²) in [5.74, 6) is -0.485. The van der Waals surface area contributed by atoms with Gasteiger partial charge in [-0.1, -0.05) is 30.3 Å². The second kappa shape index (κ2) is 11.9. The molecule has 0 spiro atoms. The predicted octanol–water partition coefficient (Wildman–Crippen LogP) is 7.15. The number of aliphatic imine (C=N–C) groups is 1. The molecule has 4 aromatic rings. The van der Waals surface area contributed by atoms with Crippen molar-refractivity contribution in [2.45, 2.75) is 23.2 Å². The van der Waals surface area contributed by atoms with Crippen LogP contribution in [-0.4, -0.2) is 33.7 Å². The van der Waals surface area contributed by atoms with Crippen molar-refractivity contribution in [3.8, 4) is 11.3 Å². The van der Waals surface area contributed by atoms with Gasteiger partial charge < -0.3 is 4.74 Å². The van der Waals surface area contributed by atoms with E-state index in [1.807, 2.05) is 0 Å². The van der Waals surface area contributed by atoms with E-state index >= 15 is 0 Å². The number of ether oxygens (including phenoxy) is 1. The standard InChI is InChI=1S/C27H19F3N4O4S/c1-2-38-25(35)18-8-10-20(11-9-18)31-16-19-14-21(34(36)37)12-13-23(19)39-26-32-22(17-6-4-3-5-7-17)15-24(33-26)27(28,29)30/h3-16H,2H2,1H3. The Balaban J connectivity index is 1.70. The Morgan fingerprint density at radius 1 is 1.05 bits per heavy atom. The first-order chi connectivity index (χ1) is 18.6. The molecule has 3 aromatic carbocycles. The summed E-state index contributed by atoms with van der Waals surface area (Å²) >= 11 is 0.823. The highest BCUT2D eigenvalue weighted by Gasteiger charge is 2.34. The monoisotopic (exact) mass is 552 g/mol. The number of rotatable bonds is 8. The van der Waals surface area contributed by atoms with Crippen molar-refractivity contribution in [1.82, 2.24) is 9.97 Å². The van der Waals surface area contributed by atoms with Crippen molar-refractivity contribution in [1.29, 1.82) is 0 Å². The molecule has 0 bridgehead atoms. The number of nitro groups is 1. The number of hydrogen-bond donors (Lipinski definition) is 0. The molecule has 0 fully saturated rings. The minimum absolute atomic E-state index is 0.0826. The van der Waals surface area contributed by atoms with Gasteiger partial charge in [-0.05, 0) is 55.1 Å². The van der Waals surface area contributed by atoms with E-state index in [9.17, 15) is 28.1 Å². The molecule has 0 amide bonds. The van der Waals surface area contributed by atoms with Crippen molar-refractivity contribution in [2.75, 3.05) is 6.61 Å². The Bertz CT molecular complexity index is 1530. The molecule has 8 nitrogen and oxygen atoms in total. The number of alkyl halides is 3. The summed E-state index contributed by atoms with van der Waals surface area (Å²) in [6, 6.07) is 19.3. The van der Waals surface area contributed by atoms with Crippen LogP contribution in [0.15, 0.2) is 93.9 Å². The Morgan fingerprint density at radius 3 is 2.41 bits per heavy atom. The highest BCUT2D eigenvalue weighted by Crippen LogP contribution is 2.35. The lowest BCUT2D eigenvalue weighted by molar-refractivity contribution is -0.384. The van der Waals surface area contributed by atoms with Crippen molar-refractivity contribution in [2.24, 2.45) is 4.99 Å². The third-order valence-electron chi connectivity index (χ3n) is 5.20. The number of carbonyl (C=O) groups is 1. The highest BCUT2D eigenvalue weighted by atomic mass is 32.2. The Morgan fingerprint density at radius 2 is 1.77 bits per heavy atom. The lowest BCUT2D eigenvalue weighted by Gasteiger charge is -2.11. The average Bonchev–Trinajstić information content (AvgIpc) is 2.92. The molecule has 0 saturated carbocycles. The predicted molar refractivity (Wildman–Crippen MR) is 139 cm³/mol. The lowest BCUT2D eigenvalue weighted by Crippen LogP contribution is -2.10. The van der Waals surface area contributed by atoms with E-state index in [1.165, 1.54) is 36.5 Å². The van der Waals surface area contributed by atoms with Crippen molar-refractivity contribution in [3.63, 3.8) is 0 Å². The maximum absolute atomic E-state index is 13.6. The van der Waals surface area contributed by atoms with Crippen LogP contribution < -0.4 is 0 Å². The van der Waals surface area contributed by atoms with Crippen LogP contribution in [0.1, 0.15) is 28.5 Å². The summed E-state index contributed by atoms with van der Waals surface area (Å²) in [7, 11) is 0. The fourth-order valence-corrected chi connectivity index (χ4v) is 4.21. The van der Waals surface area contributed by atoms with Crippen LogP contribution >= 0.6 is 11.8 Å². The highest BCUT2D eigenvalue weighted by molar-refractivity contribution is 7.99. The molecule has 0 atom stereocenters. The minimum atomic E-state index is -4.71. The second-order valence-electron chi connectivity index (χ2n) is 7.89. The molecule has 0 aliphatic heterocycles. The van der Waals surface area contributed by atoms with Gasteiger partial charge >= 0.3 is 12.1 Å². The van der Waals surface area contributed by atoms with Crippen LogP contribution in [0.25, 0.3) is 11.3 Å². The number of hydrogen-bond acceptors (Lipinski definition) is 8. The van der Waals surface area contributed by atoms with E-state index < -0.39 is 22.8 Å². The third-order valence-corrected chi connectivity index (χ3v) is 6.16. The average molecular weight is 553 g/mol. The summed E-state index contributed by atoms with van der Waals surface area (Å²) in [4.78, 5) is 35.3. The largest absolute Gasteiger partial charge is 0.462 e. The number of aromatic nitrogens is 2. The Labute approximate surface area is 224 Å². The van der Waals surface area contributed by atoms with Crippen LogP contribution in [0.5, 0.6) is 0 Å². The molecule has 1 aromatic heterocycles. The van der Waals surface area contributed by atoms with Crippen LogP contribution in [0.2, 0.25) is 0 Å². The zero-order valence-electron chi connectivity index (χ0n) is 20.3. The quantitative estimate of drug-likeness (QED) is 0.0751. The third kappa shape index (κ3) is 7.05. The molecule has 4 rings (SSSR count). The van der Waals surface area contributed by atoms with E-state index in [0.29, 0.717) is 21.7 Å². The minimum Gasteiger partial charge on any atom is -0.462 e. The first kappa shape index (κ1) is 27.5. The van der Waals surface area contributed by atoms with Gasteiger partial charge in [0.15, 0.2) is 5.16 Å². The van der Waals surface area contributed by atoms with Gasteiger partial charge in [0.05, 0.1) is 28.5 Å². The zero-order valence-corrected chi connectivity index (χ0v) is 21.1. The van der Waals surface area contributed by atoms with Gasteiger partial charge in [0.25, 0.3) is 5.69 Å². The lowest BCUT2D eigenvalue weighted by atomic mass is 10.1. The summed E-state index contributed by atoms with van der Waals surface area (Å²) in [5, 5.41) is 11.2. The fourth-order valence-electron chi connectivity index (χ4n) is 3.36. The van der Waals surface area contributed by atoms with E-state index in [2.05, 4.69) is 15.0 Å². The topological polar surface area (TPSA) is 108 Å². The van der Waals surface area contributed by atoms with Crippen molar-refractivity contribution < 1.29 is 27.6 Å². The van der Waals surface area contributed by atoms with Crippen LogP contribution in [0.3, 0.4) is 0 Å². The number of carbonyl (C=O) groups excluding carboxylic acids is 1. The molecule has 39 heavy (non-hydrogen) atoms. The first-order valence-electron chi connectivity index (χ1n) is 11.4. The number of benzene rings is 3. The summed E-state index contributed by atoms with van der Waals surface area (Å²) < 4.78 is 45.8. The smallest absolute Gasteiger partial charge is 0.433 e. The maximum atomic E-state index is 13.6. The van der Waals surface area contributed by atoms with Crippen molar-refractivity contribution in [3.05, 3.63) is 106 Å². The van der Waals surface area contributed by atoms with Gasteiger partial charge in [0.1, 0.15) is 5.69 Å². The van der Waals surface area contributed by atoms with Gasteiger partial charge in [-0.3, -0.25) is 15.1 Å². The molecular weight excluding hydrogens is 533 g/mol. The molecular formula is C27H19F3N4O4S. The molecule has 0 N–H and O–H groups in total. The summed E-state index contributed by atoms with van der Waals surface area (Å²) in [6.07, 6.45) is -3.36. The van der Waals surface area contributed by atoms with Gasteiger partial charge in [-0.2, -0.15) is 13.2 Å². The number of halogens is 3. The van der Waals surface area contributed by atoms with E-state index in [4.69, 9.17) is 4.74 Å². The number of esters is 1. The van der Waals surface area contributed by atoms with Gasteiger partial charge in [-0.15, -0.1) is 0 Å². The van der Waals surface area contributed by atoms with E-state index in [1.54, 1.807) is 49.4 Å². The molecule has 0 radical (unpaired) electrons. The summed E-state index contributed by atoms with van der Waals surface area (Å²) in [6.45, 7) is 1.92. The molecule has 1 heterocycles. The van der Waals surface area contributed by atoms with E-state index in [0.717, 1.165) is 17.8 Å². The number of non-ortho nitro benzene ring substituents is 1. The maximum Gasteiger partial charge on any atom is 0.433 e.